The van der Waals surface area contributed by atoms with Crippen molar-refractivity contribution in [3.05, 3.63) is 36.5 Å². The Morgan fingerprint density at radius 1 is 1.18 bits per heavy atom. The van der Waals surface area contributed by atoms with Gasteiger partial charge in [-0.1, -0.05) is 23.4 Å². The SMILES string of the molecule is [Si]c1ccc2ncccc2c1. The lowest BCUT2D eigenvalue weighted by atomic mass is 10.2. The maximum Gasteiger partial charge on any atom is 0.0712 e. The Hall–Kier alpha value is -1.15. The Balaban J connectivity index is 2.83. The van der Waals surface area contributed by atoms with Gasteiger partial charge in [0.2, 0.25) is 0 Å². The van der Waals surface area contributed by atoms with E-state index >= 15 is 0 Å². The van der Waals surface area contributed by atoms with Crippen molar-refractivity contribution in [1.29, 1.82) is 0 Å². The molecule has 2 aromatic rings. The molecular weight excluding hydrogens is 150 g/mol. The Morgan fingerprint density at radius 2 is 2.09 bits per heavy atom. The van der Waals surface area contributed by atoms with Crippen molar-refractivity contribution in [2.24, 2.45) is 0 Å². The average molecular weight is 156 g/mol. The Kier molecular flexibility index (Phi) is 1.47. The summed E-state index contributed by atoms with van der Waals surface area (Å²) in [6, 6.07) is 10.0. The van der Waals surface area contributed by atoms with Crippen LogP contribution in [-0.4, -0.2) is 15.2 Å². The van der Waals surface area contributed by atoms with Crippen LogP contribution in [0.1, 0.15) is 0 Å². The lowest BCUT2D eigenvalue weighted by Gasteiger charge is -1.95. The van der Waals surface area contributed by atoms with Gasteiger partial charge in [-0.3, -0.25) is 4.98 Å². The molecule has 0 unspecified atom stereocenters. The van der Waals surface area contributed by atoms with E-state index in [1.54, 1.807) is 6.20 Å². The number of benzene rings is 1. The normalized spacial score (nSPS) is 10.3. The van der Waals surface area contributed by atoms with Gasteiger partial charge in [0.25, 0.3) is 0 Å². The van der Waals surface area contributed by atoms with Crippen LogP contribution >= 0.6 is 0 Å². The first-order valence-electron chi connectivity index (χ1n) is 3.43. The molecule has 2 rings (SSSR count). The maximum absolute atomic E-state index is 4.20. The van der Waals surface area contributed by atoms with E-state index in [1.165, 1.54) is 5.39 Å². The Labute approximate surface area is 68.5 Å². The van der Waals surface area contributed by atoms with Gasteiger partial charge in [0.15, 0.2) is 0 Å². The molecule has 0 N–H and O–H groups in total. The van der Waals surface area contributed by atoms with Gasteiger partial charge in [-0.05, 0) is 12.1 Å². The fourth-order valence-corrected chi connectivity index (χ4v) is 1.31. The largest absolute Gasteiger partial charge is 0.256 e. The molecule has 1 nitrogen and oxygen atoms in total. The third kappa shape index (κ3) is 1.17. The molecule has 0 amide bonds. The molecule has 51 valence electrons. The van der Waals surface area contributed by atoms with Crippen LogP contribution in [0.25, 0.3) is 10.9 Å². The Morgan fingerprint density at radius 3 is 3.00 bits per heavy atom. The second kappa shape index (κ2) is 2.47. The van der Waals surface area contributed by atoms with Crippen molar-refractivity contribution in [1.82, 2.24) is 4.98 Å². The highest BCUT2D eigenvalue weighted by atomic mass is 28.1. The van der Waals surface area contributed by atoms with Gasteiger partial charge in [-0.15, -0.1) is 0 Å². The first kappa shape index (κ1) is 6.55. The van der Waals surface area contributed by atoms with Crippen molar-refractivity contribution < 1.29 is 0 Å². The molecule has 1 heterocycles. The van der Waals surface area contributed by atoms with Crippen molar-refractivity contribution in [2.75, 3.05) is 0 Å². The van der Waals surface area contributed by atoms with Gasteiger partial charge in [-0.25, -0.2) is 0 Å². The number of rotatable bonds is 0. The lowest BCUT2D eigenvalue weighted by Crippen LogP contribution is -1.99. The molecule has 0 aliphatic carbocycles. The summed E-state index contributed by atoms with van der Waals surface area (Å²) in [4.78, 5) is 4.20. The van der Waals surface area contributed by atoms with Crippen molar-refractivity contribution in [2.45, 2.75) is 0 Å². The molecule has 0 spiro atoms. The number of hydrogen-bond acceptors (Lipinski definition) is 1. The van der Waals surface area contributed by atoms with Gasteiger partial charge in [0.1, 0.15) is 0 Å². The zero-order chi connectivity index (χ0) is 7.68. The summed E-state index contributed by atoms with van der Waals surface area (Å²) in [5.74, 6) is 0. The van der Waals surface area contributed by atoms with Crippen LogP contribution in [0.4, 0.5) is 0 Å². The van der Waals surface area contributed by atoms with Crippen molar-refractivity contribution in [3.63, 3.8) is 0 Å². The van der Waals surface area contributed by atoms with E-state index in [1.807, 2.05) is 24.3 Å². The second-order valence-corrected chi connectivity index (χ2v) is 2.99. The quantitative estimate of drug-likeness (QED) is 0.519. The molecule has 3 radical (unpaired) electrons. The summed E-state index contributed by atoms with van der Waals surface area (Å²) < 4.78 is 0. The molecule has 2 heteroatoms. The zero-order valence-electron chi connectivity index (χ0n) is 5.91. The molecular formula is C9H6NSi. The van der Waals surface area contributed by atoms with E-state index in [0.717, 1.165) is 10.7 Å². The smallest absolute Gasteiger partial charge is 0.0712 e. The third-order valence-electron chi connectivity index (χ3n) is 1.60. The number of fused-ring (bicyclic) bond motifs is 1. The van der Waals surface area contributed by atoms with Crippen molar-refractivity contribution >= 4 is 26.3 Å². The molecule has 0 bridgehead atoms. The van der Waals surface area contributed by atoms with Crippen LogP contribution in [0.5, 0.6) is 0 Å². The van der Waals surface area contributed by atoms with Gasteiger partial charge in [-0.2, -0.15) is 0 Å². The topological polar surface area (TPSA) is 12.9 Å². The van der Waals surface area contributed by atoms with Gasteiger partial charge < -0.3 is 0 Å². The van der Waals surface area contributed by atoms with Gasteiger partial charge in [0.05, 0.1) is 15.8 Å². The van der Waals surface area contributed by atoms with E-state index in [0.29, 0.717) is 0 Å². The van der Waals surface area contributed by atoms with Gasteiger partial charge >= 0.3 is 0 Å². The summed E-state index contributed by atoms with van der Waals surface area (Å²) in [6.45, 7) is 0. The number of pyridine rings is 1. The molecule has 11 heavy (non-hydrogen) atoms. The van der Waals surface area contributed by atoms with Crippen LogP contribution in [-0.2, 0) is 0 Å². The fourth-order valence-electron chi connectivity index (χ4n) is 1.08. The number of aromatic nitrogens is 1. The van der Waals surface area contributed by atoms with E-state index in [9.17, 15) is 0 Å². The maximum atomic E-state index is 4.20. The van der Waals surface area contributed by atoms with Crippen molar-refractivity contribution in [3.8, 4) is 0 Å². The van der Waals surface area contributed by atoms with Crippen LogP contribution in [0.15, 0.2) is 36.5 Å². The lowest BCUT2D eigenvalue weighted by molar-refractivity contribution is 1.42. The van der Waals surface area contributed by atoms with E-state index in [2.05, 4.69) is 21.3 Å². The minimum Gasteiger partial charge on any atom is -0.256 e. The summed E-state index contributed by atoms with van der Waals surface area (Å²) in [7, 11) is 3.45. The average Bonchev–Trinajstić information content (AvgIpc) is 2.04. The predicted molar refractivity (Wildman–Crippen MR) is 47.1 cm³/mol. The van der Waals surface area contributed by atoms with Crippen LogP contribution in [0, 0.1) is 0 Å². The summed E-state index contributed by atoms with van der Waals surface area (Å²) >= 11 is 0. The minimum absolute atomic E-state index is 1.04. The molecule has 0 saturated carbocycles. The van der Waals surface area contributed by atoms with E-state index in [4.69, 9.17) is 0 Å². The summed E-state index contributed by atoms with van der Waals surface area (Å²) in [5, 5.41) is 2.26. The third-order valence-corrected chi connectivity index (χ3v) is 1.91. The Bertz CT molecular complexity index is 384. The monoisotopic (exact) mass is 156 g/mol. The molecule has 0 fully saturated rings. The molecule has 0 atom stereocenters. The summed E-state index contributed by atoms with van der Waals surface area (Å²) in [6.07, 6.45) is 1.80. The highest BCUT2D eigenvalue weighted by Crippen LogP contribution is 2.06. The number of hydrogen-bond donors (Lipinski definition) is 0. The second-order valence-electron chi connectivity index (χ2n) is 2.41. The number of nitrogens with zero attached hydrogens (tertiary/aromatic N) is 1. The predicted octanol–water partition coefficient (Wildman–Crippen LogP) is 1.03. The van der Waals surface area contributed by atoms with Crippen LogP contribution in [0.3, 0.4) is 0 Å². The molecule has 1 aromatic carbocycles. The first-order valence-corrected chi connectivity index (χ1v) is 3.93. The molecule has 0 saturated heterocycles. The van der Waals surface area contributed by atoms with Gasteiger partial charge in [0, 0.05) is 11.6 Å². The standard InChI is InChI=1S/C9H6NSi/c11-8-3-4-9-7(6-8)2-1-5-10-9/h1-6H. The van der Waals surface area contributed by atoms with Crippen LogP contribution in [0.2, 0.25) is 0 Å². The molecule has 0 aliphatic rings. The molecule has 1 aromatic heterocycles. The highest BCUT2D eigenvalue weighted by molar-refractivity contribution is 6.33. The summed E-state index contributed by atoms with van der Waals surface area (Å²) in [5.41, 5.74) is 1.04. The minimum atomic E-state index is 1.04. The highest BCUT2D eigenvalue weighted by Gasteiger charge is 1.90. The van der Waals surface area contributed by atoms with E-state index in [-0.39, 0.29) is 0 Å². The molecule has 0 aliphatic heterocycles. The first-order chi connectivity index (χ1) is 5.36. The van der Waals surface area contributed by atoms with Crippen LogP contribution < -0.4 is 5.19 Å². The van der Waals surface area contributed by atoms with E-state index < -0.39 is 0 Å². The fraction of sp³-hybridized carbons (Fsp3) is 0. The zero-order valence-corrected chi connectivity index (χ0v) is 6.91.